The van der Waals surface area contributed by atoms with Gasteiger partial charge >= 0.3 is 12.1 Å². The first-order valence-corrected chi connectivity index (χ1v) is 17.8. The standard InChI is InChI=1S/C32H46N6O9S/c33-25-13-22(20-39)8-9-30(25)48(43,44)37-38(18-23-16-34-31(41)35-17-23)19-27(40)26(14-21-5-2-1-3-6-21)36-32(42)47-24-10-12-46-29(15-24)28-7-4-11-45-28/h1-3,5-6,8-9,13,23-24,26-29,37,39-40H,4,7,10-12,14-20,33H2,(H,36,42)(H2,34,35,41)/t24-,26-,27+,28-,29+/m0/s1. The van der Waals surface area contributed by atoms with Crippen LogP contribution in [0.1, 0.15) is 36.8 Å². The van der Waals surface area contributed by atoms with E-state index in [1.165, 1.54) is 23.2 Å². The predicted octanol–water partition coefficient (Wildman–Crippen LogP) is 0.610. The first-order valence-electron chi connectivity index (χ1n) is 16.3. The lowest BCUT2D eigenvalue weighted by atomic mass is 9.99. The molecule has 3 fully saturated rings. The summed E-state index contributed by atoms with van der Waals surface area (Å²) in [6, 6.07) is 12.2. The van der Waals surface area contributed by atoms with Crippen molar-refractivity contribution in [1.82, 2.24) is 25.8 Å². The molecule has 0 saturated carbocycles. The van der Waals surface area contributed by atoms with E-state index >= 15 is 0 Å². The zero-order valence-electron chi connectivity index (χ0n) is 26.8. The van der Waals surface area contributed by atoms with Gasteiger partial charge in [0.05, 0.1) is 43.3 Å². The van der Waals surface area contributed by atoms with Crippen molar-refractivity contribution < 1.29 is 42.4 Å². The highest BCUT2D eigenvalue weighted by atomic mass is 32.2. The van der Waals surface area contributed by atoms with Gasteiger partial charge in [-0.2, -0.15) is 0 Å². The molecular formula is C32H46N6O9S. The second kappa shape index (κ2) is 16.7. The molecule has 3 aliphatic rings. The molecule has 2 aromatic rings. The first kappa shape index (κ1) is 35.8. The van der Waals surface area contributed by atoms with Crippen molar-refractivity contribution in [2.75, 3.05) is 45.1 Å². The van der Waals surface area contributed by atoms with E-state index in [1.54, 1.807) is 0 Å². The summed E-state index contributed by atoms with van der Waals surface area (Å²) in [4.78, 5) is 27.3. The number of nitrogen functional groups attached to an aromatic ring is 1. The molecule has 0 aromatic heterocycles. The maximum absolute atomic E-state index is 13.5. The van der Waals surface area contributed by atoms with Crippen LogP contribution < -0.4 is 26.5 Å². The molecule has 48 heavy (non-hydrogen) atoms. The third-order valence-corrected chi connectivity index (χ3v) is 10.2. The number of hydrazine groups is 1. The Kier molecular flexibility index (Phi) is 12.5. The van der Waals surface area contributed by atoms with Crippen molar-refractivity contribution in [1.29, 1.82) is 0 Å². The molecule has 2 aromatic carbocycles. The first-order chi connectivity index (χ1) is 23.1. The molecule has 0 spiro atoms. The molecule has 3 aliphatic heterocycles. The Hall–Kier alpha value is -3.51. The molecule has 0 bridgehead atoms. The number of aliphatic hydroxyl groups is 2. The second-order valence-electron chi connectivity index (χ2n) is 12.5. The zero-order chi connectivity index (χ0) is 34.1. The summed E-state index contributed by atoms with van der Waals surface area (Å²) in [6.07, 6.45) is 0.628. The van der Waals surface area contributed by atoms with Crippen molar-refractivity contribution >= 4 is 27.8 Å². The van der Waals surface area contributed by atoms with Gasteiger partial charge in [-0.1, -0.05) is 36.4 Å². The molecule has 5 atom stereocenters. The Balaban J connectivity index is 1.30. The number of sulfonamides is 1. The van der Waals surface area contributed by atoms with Gasteiger partial charge in [0.2, 0.25) is 0 Å². The molecule has 8 N–H and O–H groups in total. The van der Waals surface area contributed by atoms with Crippen molar-refractivity contribution in [3.63, 3.8) is 0 Å². The smallest absolute Gasteiger partial charge is 0.407 e. The summed E-state index contributed by atoms with van der Waals surface area (Å²) in [7, 11) is -4.25. The Bertz CT molecular complexity index is 1470. The average molecular weight is 691 g/mol. The summed E-state index contributed by atoms with van der Waals surface area (Å²) in [5.74, 6) is -0.220. The molecule has 3 saturated heterocycles. The Morgan fingerprint density at radius 3 is 2.50 bits per heavy atom. The second-order valence-corrected chi connectivity index (χ2v) is 14.1. The van der Waals surface area contributed by atoms with E-state index in [9.17, 15) is 28.2 Å². The fourth-order valence-electron chi connectivity index (χ4n) is 6.26. The van der Waals surface area contributed by atoms with E-state index in [1.807, 2.05) is 30.3 Å². The number of amides is 3. The van der Waals surface area contributed by atoms with Gasteiger partial charge in [0.25, 0.3) is 10.0 Å². The molecule has 16 heteroatoms. The van der Waals surface area contributed by atoms with Crippen LogP contribution in [0.3, 0.4) is 0 Å². The number of urea groups is 1. The van der Waals surface area contributed by atoms with Crippen molar-refractivity contribution in [2.24, 2.45) is 5.92 Å². The average Bonchev–Trinajstić information content (AvgIpc) is 3.61. The summed E-state index contributed by atoms with van der Waals surface area (Å²) < 4.78 is 44.6. The Labute approximate surface area is 280 Å². The summed E-state index contributed by atoms with van der Waals surface area (Å²) in [5, 5.41) is 30.6. The molecule has 0 unspecified atom stereocenters. The van der Waals surface area contributed by atoms with E-state index in [0.717, 1.165) is 18.4 Å². The molecule has 0 aliphatic carbocycles. The normalized spacial score (nSPS) is 23.2. The van der Waals surface area contributed by atoms with Crippen LogP contribution in [0.25, 0.3) is 0 Å². The van der Waals surface area contributed by atoms with Gasteiger partial charge in [0.15, 0.2) is 0 Å². The Morgan fingerprint density at radius 1 is 1.06 bits per heavy atom. The zero-order valence-corrected chi connectivity index (χ0v) is 27.6. The lowest BCUT2D eigenvalue weighted by Gasteiger charge is -2.34. The molecule has 15 nitrogen and oxygen atoms in total. The molecule has 5 rings (SSSR count). The summed E-state index contributed by atoms with van der Waals surface area (Å²) >= 11 is 0. The minimum atomic E-state index is -4.25. The van der Waals surface area contributed by atoms with E-state index < -0.39 is 28.3 Å². The van der Waals surface area contributed by atoms with Gasteiger partial charge in [-0.05, 0) is 42.5 Å². The van der Waals surface area contributed by atoms with Crippen molar-refractivity contribution in [3.05, 3.63) is 59.7 Å². The van der Waals surface area contributed by atoms with Crippen LogP contribution in [-0.4, -0.2) is 106 Å². The monoisotopic (exact) mass is 690 g/mol. The lowest BCUT2D eigenvalue weighted by Crippen LogP contribution is -2.57. The van der Waals surface area contributed by atoms with Crippen LogP contribution in [0.4, 0.5) is 15.3 Å². The van der Waals surface area contributed by atoms with E-state index in [-0.39, 0.29) is 80.1 Å². The number of carbonyl (C=O) groups is 2. The number of carbonyl (C=O) groups excluding carboxylic acids is 2. The maximum atomic E-state index is 13.5. The predicted molar refractivity (Wildman–Crippen MR) is 175 cm³/mol. The highest BCUT2D eigenvalue weighted by molar-refractivity contribution is 7.89. The molecule has 0 radical (unpaired) electrons. The lowest BCUT2D eigenvalue weighted by molar-refractivity contribution is -0.104. The van der Waals surface area contributed by atoms with E-state index in [2.05, 4.69) is 20.8 Å². The number of ether oxygens (including phenoxy) is 3. The number of nitrogens with zero attached hydrogens (tertiary/aromatic N) is 1. The number of hydrogen-bond acceptors (Lipinski definition) is 11. The van der Waals surface area contributed by atoms with Gasteiger partial charge in [-0.25, -0.2) is 23.0 Å². The topological polar surface area (TPSA) is 214 Å². The molecule has 3 heterocycles. The number of nitrogens with one attached hydrogen (secondary N) is 4. The van der Waals surface area contributed by atoms with Crippen LogP contribution in [0.15, 0.2) is 53.4 Å². The van der Waals surface area contributed by atoms with Crippen LogP contribution in [-0.2, 0) is 37.3 Å². The number of benzene rings is 2. The quantitative estimate of drug-likeness (QED) is 0.108. The largest absolute Gasteiger partial charge is 0.446 e. The van der Waals surface area contributed by atoms with Gasteiger partial charge in [-0.15, -0.1) is 4.83 Å². The SMILES string of the molecule is Nc1cc(CO)ccc1S(=O)(=O)NN(CC1CNC(=O)NC1)C[C@@H](O)[C@H](Cc1ccccc1)NC(=O)O[C@H]1CCO[C@@H]([C@@H]2CCCO2)C1. The fraction of sp³-hybridized carbons (Fsp3) is 0.562. The van der Waals surface area contributed by atoms with E-state index in [0.29, 0.717) is 31.6 Å². The summed E-state index contributed by atoms with van der Waals surface area (Å²) in [6.45, 7) is 1.27. The van der Waals surface area contributed by atoms with Gasteiger partial charge in [0, 0.05) is 51.5 Å². The summed E-state index contributed by atoms with van der Waals surface area (Å²) in [5.41, 5.74) is 7.28. The molecular weight excluding hydrogens is 644 g/mol. The number of anilines is 1. The third kappa shape index (κ3) is 10.0. The maximum Gasteiger partial charge on any atom is 0.407 e. The van der Waals surface area contributed by atoms with Gasteiger partial charge in [-0.3, -0.25) is 0 Å². The van der Waals surface area contributed by atoms with Gasteiger partial charge < -0.3 is 46.1 Å². The number of aliphatic hydroxyl groups excluding tert-OH is 2. The number of hydrogen-bond donors (Lipinski definition) is 7. The molecule has 3 amide bonds. The van der Waals surface area contributed by atoms with Crippen LogP contribution in [0, 0.1) is 5.92 Å². The van der Waals surface area contributed by atoms with Crippen LogP contribution in [0.5, 0.6) is 0 Å². The Morgan fingerprint density at radius 2 is 1.81 bits per heavy atom. The highest BCUT2D eigenvalue weighted by Crippen LogP contribution is 2.27. The number of rotatable bonds is 14. The number of nitrogens with two attached hydrogens (primary N) is 1. The van der Waals surface area contributed by atoms with Crippen molar-refractivity contribution in [3.8, 4) is 0 Å². The minimum Gasteiger partial charge on any atom is -0.446 e. The minimum absolute atomic E-state index is 0.0162. The number of alkyl carbamates (subject to hydrolysis) is 1. The fourth-order valence-corrected chi connectivity index (χ4v) is 7.46. The molecule has 264 valence electrons. The van der Waals surface area contributed by atoms with E-state index in [4.69, 9.17) is 19.9 Å². The van der Waals surface area contributed by atoms with Crippen LogP contribution in [0.2, 0.25) is 0 Å². The van der Waals surface area contributed by atoms with Crippen LogP contribution >= 0.6 is 0 Å². The van der Waals surface area contributed by atoms with Crippen molar-refractivity contribution in [2.45, 2.75) is 74.1 Å². The van der Waals surface area contributed by atoms with Gasteiger partial charge in [0.1, 0.15) is 11.0 Å². The third-order valence-electron chi connectivity index (χ3n) is 8.77. The highest BCUT2D eigenvalue weighted by Gasteiger charge is 2.35.